The van der Waals surface area contributed by atoms with Crippen LogP contribution < -0.4 is 0 Å². The minimum Gasteiger partial charge on any atom is -0.388 e. The molecule has 1 aromatic carbocycles. The zero-order valence-corrected chi connectivity index (χ0v) is 17.4. The van der Waals surface area contributed by atoms with Crippen LogP contribution in [0.5, 0.6) is 0 Å². The van der Waals surface area contributed by atoms with Gasteiger partial charge in [-0.2, -0.15) is 0 Å². The van der Waals surface area contributed by atoms with Crippen molar-refractivity contribution in [2.45, 2.75) is 99.0 Å². The molecule has 1 aliphatic carbocycles. The van der Waals surface area contributed by atoms with Crippen LogP contribution in [0.1, 0.15) is 105 Å². The number of benzene rings is 1. The molecule has 1 saturated carbocycles. The number of halogens is 1. The van der Waals surface area contributed by atoms with E-state index >= 15 is 0 Å². The number of hydrogen-bond donors (Lipinski definition) is 1. The summed E-state index contributed by atoms with van der Waals surface area (Å²) in [5, 5.41) is 9.29. The van der Waals surface area contributed by atoms with Crippen LogP contribution in [0.4, 0.5) is 4.39 Å². The van der Waals surface area contributed by atoms with E-state index in [4.69, 9.17) is 0 Å². The van der Waals surface area contributed by atoms with Gasteiger partial charge in [0.1, 0.15) is 5.82 Å². The van der Waals surface area contributed by atoms with Gasteiger partial charge in [0.05, 0.1) is 6.10 Å². The van der Waals surface area contributed by atoms with Crippen LogP contribution in [0.2, 0.25) is 0 Å². The molecule has 1 aromatic rings. The molecule has 1 N–H and O–H groups in total. The highest BCUT2D eigenvalue weighted by molar-refractivity contribution is 5.18. The summed E-state index contributed by atoms with van der Waals surface area (Å²) in [7, 11) is 0. The van der Waals surface area contributed by atoms with Gasteiger partial charge in [-0.3, -0.25) is 0 Å². The number of hydrogen-bond acceptors (Lipinski definition) is 1. The Labute approximate surface area is 156 Å². The van der Waals surface area contributed by atoms with Crippen LogP contribution in [0.25, 0.3) is 0 Å². The fourth-order valence-electron chi connectivity index (χ4n) is 3.06. The van der Waals surface area contributed by atoms with Crippen molar-refractivity contribution in [3.05, 3.63) is 35.6 Å². The topological polar surface area (TPSA) is 20.2 Å². The molecule has 0 spiro atoms. The first-order valence-corrected chi connectivity index (χ1v) is 10.3. The van der Waals surface area contributed by atoms with Gasteiger partial charge < -0.3 is 5.11 Å². The van der Waals surface area contributed by atoms with Gasteiger partial charge in [0, 0.05) is 0 Å². The smallest absolute Gasteiger partial charge is 0.123 e. The predicted molar refractivity (Wildman–Crippen MR) is 108 cm³/mol. The molecule has 1 atom stereocenters. The monoisotopic (exact) mass is 352 g/mol. The second kappa shape index (κ2) is 13.3. The maximum atomic E-state index is 12.6. The van der Waals surface area contributed by atoms with Gasteiger partial charge in [-0.25, -0.2) is 4.39 Å². The zero-order chi connectivity index (χ0) is 19.3. The van der Waals surface area contributed by atoms with Crippen molar-refractivity contribution >= 4 is 0 Å². The summed E-state index contributed by atoms with van der Waals surface area (Å²) in [5.74, 6) is 0.771. The van der Waals surface area contributed by atoms with E-state index in [0.29, 0.717) is 17.4 Å². The number of rotatable bonds is 4. The lowest BCUT2D eigenvalue weighted by Gasteiger charge is -2.25. The highest BCUT2D eigenvalue weighted by Gasteiger charge is 2.17. The van der Waals surface area contributed by atoms with Crippen molar-refractivity contribution in [2.75, 3.05) is 0 Å². The lowest BCUT2D eigenvalue weighted by atomic mass is 9.81. The largest absolute Gasteiger partial charge is 0.388 e. The quantitative estimate of drug-likeness (QED) is 0.589. The molecule has 1 unspecified atom stereocenters. The lowest BCUT2D eigenvalue weighted by Crippen LogP contribution is -2.11. The predicted octanol–water partition coefficient (Wildman–Crippen LogP) is 7.69. The molecule has 0 amide bonds. The second-order valence-corrected chi connectivity index (χ2v) is 8.08. The summed E-state index contributed by atoms with van der Waals surface area (Å²) in [6.45, 7) is 12.9. The average molecular weight is 353 g/mol. The maximum Gasteiger partial charge on any atom is 0.123 e. The standard InChI is InChI=1S/C12H24.C9H11FO.C2H6/c1-12(2,3)10-9-11-7-5-4-6-8-11;1-2-9(11)7-4-3-5-8(10)6-7;1-2/h11H,4-10H2,1-3H3;3-6,9,11H,2H2,1H3;1-2H3. The molecule has 2 heteroatoms. The summed E-state index contributed by atoms with van der Waals surface area (Å²) in [5.41, 5.74) is 1.20. The third-order valence-corrected chi connectivity index (χ3v) is 4.65. The fraction of sp³-hybridized carbons (Fsp3) is 0.739. The van der Waals surface area contributed by atoms with Gasteiger partial charge in [-0.1, -0.05) is 85.8 Å². The Kier molecular flexibility index (Phi) is 12.9. The maximum absolute atomic E-state index is 12.6. The van der Waals surface area contributed by atoms with E-state index in [2.05, 4.69) is 20.8 Å². The van der Waals surface area contributed by atoms with Crippen molar-refractivity contribution < 1.29 is 9.50 Å². The SMILES string of the molecule is CC.CC(C)(C)CCC1CCCCC1.CCC(O)c1cccc(F)c1. The Bertz CT molecular complexity index is 430. The van der Waals surface area contributed by atoms with Crippen LogP contribution in [0.15, 0.2) is 24.3 Å². The van der Waals surface area contributed by atoms with Crippen molar-refractivity contribution in [2.24, 2.45) is 11.3 Å². The molecule has 1 nitrogen and oxygen atoms in total. The molecular formula is C23H41FO. The molecule has 0 radical (unpaired) electrons. The summed E-state index contributed by atoms with van der Waals surface area (Å²) in [4.78, 5) is 0. The van der Waals surface area contributed by atoms with Crippen LogP contribution >= 0.6 is 0 Å². The van der Waals surface area contributed by atoms with Gasteiger partial charge in [-0.05, 0) is 48.3 Å². The Morgan fingerprint density at radius 1 is 1.12 bits per heavy atom. The average Bonchev–Trinajstić information content (AvgIpc) is 2.62. The molecule has 0 bridgehead atoms. The molecule has 0 saturated heterocycles. The Morgan fingerprint density at radius 2 is 1.72 bits per heavy atom. The summed E-state index contributed by atoms with van der Waals surface area (Å²) < 4.78 is 12.6. The first-order valence-electron chi connectivity index (χ1n) is 10.3. The zero-order valence-electron chi connectivity index (χ0n) is 17.4. The molecule has 2 rings (SSSR count). The molecule has 1 aliphatic rings. The normalized spacial score (nSPS) is 16.2. The van der Waals surface area contributed by atoms with Gasteiger partial charge in [-0.15, -0.1) is 0 Å². The van der Waals surface area contributed by atoms with Gasteiger partial charge >= 0.3 is 0 Å². The fourth-order valence-corrected chi connectivity index (χ4v) is 3.06. The minimum absolute atomic E-state index is 0.296. The molecule has 25 heavy (non-hydrogen) atoms. The van der Waals surface area contributed by atoms with Gasteiger partial charge in [0.25, 0.3) is 0 Å². The minimum atomic E-state index is -0.536. The Hall–Kier alpha value is -0.890. The number of aliphatic hydroxyl groups excluding tert-OH is 1. The van der Waals surface area contributed by atoms with Crippen LogP contribution in [0.3, 0.4) is 0 Å². The summed E-state index contributed by atoms with van der Waals surface area (Å²) in [6, 6.07) is 6.04. The van der Waals surface area contributed by atoms with E-state index in [1.54, 1.807) is 12.1 Å². The third kappa shape index (κ3) is 12.2. The number of aliphatic hydroxyl groups is 1. The van der Waals surface area contributed by atoms with Gasteiger partial charge in [0.15, 0.2) is 0 Å². The highest BCUT2D eigenvalue weighted by atomic mass is 19.1. The van der Waals surface area contributed by atoms with E-state index in [0.717, 1.165) is 5.92 Å². The molecule has 1 fully saturated rings. The first-order chi connectivity index (χ1) is 11.8. The lowest BCUT2D eigenvalue weighted by molar-refractivity contribution is 0.173. The van der Waals surface area contributed by atoms with E-state index in [9.17, 15) is 9.50 Å². The molecule has 0 heterocycles. The summed E-state index contributed by atoms with van der Waals surface area (Å²) >= 11 is 0. The van der Waals surface area contributed by atoms with Crippen molar-refractivity contribution in [1.82, 2.24) is 0 Å². The third-order valence-electron chi connectivity index (χ3n) is 4.65. The van der Waals surface area contributed by atoms with E-state index in [-0.39, 0.29) is 5.82 Å². The Morgan fingerprint density at radius 3 is 2.20 bits per heavy atom. The highest BCUT2D eigenvalue weighted by Crippen LogP contribution is 2.31. The van der Waals surface area contributed by atoms with E-state index < -0.39 is 6.10 Å². The molecule has 0 aromatic heterocycles. The van der Waals surface area contributed by atoms with Crippen molar-refractivity contribution in [1.29, 1.82) is 0 Å². The summed E-state index contributed by atoms with van der Waals surface area (Å²) in [6.07, 6.45) is 10.5. The molecule has 146 valence electrons. The molecule has 0 aliphatic heterocycles. The Balaban J connectivity index is 0.000000421. The van der Waals surface area contributed by atoms with Crippen molar-refractivity contribution in [3.8, 4) is 0 Å². The van der Waals surface area contributed by atoms with Crippen molar-refractivity contribution in [3.63, 3.8) is 0 Å². The van der Waals surface area contributed by atoms with Crippen LogP contribution in [-0.4, -0.2) is 5.11 Å². The van der Waals surface area contributed by atoms with E-state index in [1.165, 1.54) is 57.1 Å². The van der Waals surface area contributed by atoms with Crippen LogP contribution in [0, 0.1) is 17.2 Å². The first kappa shape index (κ1) is 24.1. The molecular weight excluding hydrogens is 311 g/mol. The van der Waals surface area contributed by atoms with Crippen LogP contribution in [-0.2, 0) is 0 Å². The second-order valence-electron chi connectivity index (χ2n) is 8.08. The van der Waals surface area contributed by atoms with Gasteiger partial charge in [0.2, 0.25) is 0 Å². The van der Waals surface area contributed by atoms with E-state index in [1.807, 2.05) is 20.8 Å².